The molecule has 2 bridgehead atoms. The molecule has 3 atom stereocenters. The summed E-state index contributed by atoms with van der Waals surface area (Å²) in [5, 5.41) is 2.60. The minimum atomic E-state index is -0.120. The molecule has 1 fully saturated rings. The van der Waals surface area contributed by atoms with Gasteiger partial charge in [0.25, 0.3) is 0 Å². The van der Waals surface area contributed by atoms with Crippen LogP contribution in [0.4, 0.5) is 0 Å². The van der Waals surface area contributed by atoms with Gasteiger partial charge >= 0.3 is 0 Å². The molecule has 2 rings (SSSR count). The van der Waals surface area contributed by atoms with Gasteiger partial charge in [0.05, 0.1) is 0 Å². The number of hydrogen-bond acceptors (Lipinski definition) is 2. The van der Waals surface area contributed by atoms with Gasteiger partial charge in [-0.15, -0.1) is 0 Å². The van der Waals surface area contributed by atoms with Gasteiger partial charge in [-0.2, -0.15) is 0 Å². The first kappa shape index (κ1) is 14.3. The van der Waals surface area contributed by atoms with Crippen molar-refractivity contribution in [3.63, 3.8) is 0 Å². The van der Waals surface area contributed by atoms with Crippen LogP contribution >= 0.6 is 0 Å². The number of fused-ring (bicyclic) bond motifs is 2. The molecule has 0 aromatic rings. The predicted octanol–water partition coefficient (Wildman–Crippen LogP) is 3.20. The summed E-state index contributed by atoms with van der Waals surface area (Å²) in [5.74, 6) is 0.398. The minimum Gasteiger partial charge on any atom is -0.296 e. The number of hydrogen-bond donors (Lipinski definition) is 1. The van der Waals surface area contributed by atoms with Crippen molar-refractivity contribution >= 4 is 11.8 Å². The SMILES string of the molecule is CCCCC12C=CC(CC1C(=O)NC(=O)CCC)C2. The summed E-state index contributed by atoms with van der Waals surface area (Å²) in [5.41, 5.74) is 0.0389. The Kier molecular flexibility index (Phi) is 4.43. The largest absolute Gasteiger partial charge is 0.296 e. The van der Waals surface area contributed by atoms with Crippen LogP contribution in [0.5, 0.6) is 0 Å². The van der Waals surface area contributed by atoms with Crippen LogP contribution in [0.1, 0.15) is 58.8 Å². The molecule has 1 saturated carbocycles. The van der Waals surface area contributed by atoms with E-state index in [1.165, 1.54) is 0 Å². The summed E-state index contributed by atoms with van der Waals surface area (Å²) in [4.78, 5) is 23.9. The molecule has 0 aromatic carbocycles. The molecule has 19 heavy (non-hydrogen) atoms. The molecule has 0 spiro atoms. The Balaban J connectivity index is 2.01. The van der Waals surface area contributed by atoms with Crippen LogP contribution in [-0.2, 0) is 9.59 Å². The van der Waals surface area contributed by atoms with E-state index in [2.05, 4.69) is 24.4 Å². The van der Waals surface area contributed by atoms with Crippen LogP contribution in [0.2, 0.25) is 0 Å². The van der Waals surface area contributed by atoms with E-state index in [0.717, 1.165) is 38.5 Å². The molecule has 3 nitrogen and oxygen atoms in total. The van der Waals surface area contributed by atoms with Gasteiger partial charge in [0, 0.05) is 17.8 Å². The molecular formula is C16H25NO2. The van der Waals surface area contributed by atoms with Gasteiger partial charge in [0.15, 0.2) is 0 Å². The van der Waals surface area contributed by atoms with E-state index >= 15 is 0 Å². The third-order valence-electron chi connectivity index (χ3n) is 4.63. The molecule has 106 valence electrons. The van der Waals surface area contributed by atoms with Crippen molar-refractivity contribution in [2.45, 2.75) is 58.8 Å². The Labute approximate surface area is 115 Å². The Morgan fingerprint density at radius 2 is 2.11 bits per heavy atom. The van der Waals surface area contributed by atoms with Crippen molar-refractivity contribution in [1.82, 2.24) is 5.32 Å². The lowest BCUT2D eigenvalue weighted by molar-refractivity contribution is -0.134. The number of unbranched alkanes of at least 4 members (excludes halogenated alkanes) is 1. The quantitative estimate of drug-likeness (QED) is 0.748. The third kappa shape index (κ3) is 2.90. The zero-order valence-electron chi connectivity index (χ0n) is 12.1. The molecule has 3 unspecified atom stereocenters. The molecular weight excluding hydrogens is 238 g/mol. The zero-order chi connectivity index (χ0) is 13.9. The molecule has 2 amide bonds. The first-order valence-electron chi connectivity index (χ1n) is 7.64. The maximum atomic E-state index is 12.3. The topological polar surface area (TPSA) is 46.2 Å². The van der Waals surface area contributed by atoms with Gasteiger partial charge in [-0.05, 0) is 31.6 Å². The van der Waals surface area contributed by atoms with E-state index < -0.39 is 0 Å². The second kappa shape index (κ2) is 5.89. The predicted molar refractivity (Wildman–Crippen MR) is 75.4 cm³/mol. The molecule has 2 aliphatic rings. The summed E-state index contributed by atoms with van der Waals surface area (Å²) in [6.07, 6.45) is 11.2. The maximum Gasteiger partial charge on any atom is 0.230 e. The highest BCUT2D eigenvalue weighted by Gasteiger charge is 2.51. The summed E-state index contributed by atoms with van der Waals surface area (Å²) in [6, 6.07) is 0. The molecule has 0 radical (unpaired) electrons. The van der Waals surface area contributed by atoms with Crippen LogP contribution < -0.4 is 5.32 Å². The molecule has 2 aliphatic carbocycles. The van der Waals surface area contributed by atoms with Gasteiger partial charge in [0.2, 0.25) is 11.8 Å². The normalized spacial score (nSPS) is 31.7. The number of allylic oxidation sites excluding steroid dienone is 2. The lowest BCUT2D eigenvalue weighted by Crippen LogP contribution is -2.41. The Morgan fingerprint density at radius 1 is 1.32 bits per heavy atom. The second-order valence-corrected chi connectivity index (χ2v) is 6.11. The number of amides is 2. The van der Waals surface area contributed by atoms with Crippen LogP contribution in [0.3, 0.4) is 0 Å². The van der Waals surface area contributed by atoms with Crippen molar-refractivity contribution in [2.75, 3.05) is 0 Å². The molecule has 0 saturated heterocycles. The first-order chi connectivity index (χ1) is 9.11. The van der Waals surface area contributed by atoms with Crippen molar-refractivity contribution in [3.05, 3.63) is 12.2 Å². The van der Waals surface area contributed by atoms with Gasteiger partial charge in [0.1, 0.15) is 0 Å². The Morgan fingerprint density at radius 3 is 2.74 bits per heavy atom. The molecule has 0 aliphatic heterocycles. The summed E-state index contributed by atoms with van der Waals surface area (Å²) < 4.78 is 0. The number of carbonyl (C=O) groups excluding carboxylic acids is 2. The smallest absolute Gasteiger partial charge is 0.230 e. The monoisotopic (exact) mass is 263 g/mol. The van der Waals surface area contributed by atoms with Crippen LogP contribution in [-0.4, -0.2) is 11.8 Å². The molecule has 3 heteroatoms. The van der Waals surface area contributed by atoms with Crippen molar-refractivity contribution in [3.8, 4) is 0 Å². The second-order valence-electron chi connectivity index (χ2n) is 6.11. The molecule has 0 heterocycles. The third-order valence-corrected chi connectivity index (χ3v) is 4.63. The van der Waals surface area contributed by atoms with Crippen LogP contribution in [0.25, 0.3) is 0 Å². The van der Waals surface area contributed by atoms with E-state index in [-0.39, 0.29) is 23.1 Å². The van der Waals surface area contributed by atoms with E-state index in [1.807, 2.05) is 6.92 Å². The Bertz CT molecular complexity index is 388. The van der Waals surface area contributed by atoms with Crippen LogP contribution in [0, 0.1) is 17.3 Å². The highest BCUT2D eigenvalue weighted by molar-refractivity contribution is 5.97. The number of nitrogens with one attached hydrogen (secondary N) is 1. The molecule has 1 N–H and O–H groups in total. The fourth-order valence-corrected chi connectivity index (χ4v) is 3.66. The zero-order valence-corrected chi connectivity index (χ0v) is 12.1. The Hall–Kier alpha value is -1.12. The lowest BCUT2D eigenvalue weighted by atomic mass is 9.74. The van der Waals surface area contributed by atoms with Crippen molar-refractivity contribution < 1.29 is 9.59 Å². The number of carbonyl (C=O) groups is 2. The average molecular weight is 263 g/mol. The van der Waals surface area contributed by atoms with Crippen molar-refractivity contribution in [1.29, 1.82) is 0 Å². The highest BCUT2D eigenvalue weighted by atomic mass is 16.2. The van der Waals surface area contributed by atoms with Crippen molar-refractivity contribution in [2.24, 2.45) is 17.3 Å². The fourth-order valence-electron chi connectivity index (χ4n) is 3.66. The summed E-state index contributed by atoms with van der Waals surface area (Å²) >= 11 is 0. The fraction of sp³-hybridized carbons (Fsp3) is 0.750. The van der Waals surface area contributed by atoms with E-state index in [0.29, 0.717) is 12.3 Å². The van der Waals surface area contributed by atoms with Gasteiger partial charge in [-0.1, -0.05) is 38.8 Å². The minimum absolute atomic E-state index is 0.00913. The summed E-state index contributed by atoms with van der Waals surface area (Å²) in [7, 11) is 0. The van der Waals surface area contributed by atoms with E-state index in [4.69, 9.17) is 0 Å². The summed E-state index contributed by atoms with van der Waals surface area (Å²) in [6.45, 7) is 4.13. The highest BCUT2D eigenvalue weighted by Crippen LogP contribution is 2.55. The van der Waals surface area contributed by atoms with Gasteiger partial charge in [-0.3, -0.25) is 14.9 Å². The average Bonchev–Trinajstić information content (AvgIpc) is 2.94. The standard InChI is InChI=1S/C16H25NO2/c1-3-5-8-16-9-7-12(11-16)10-13(16)15(19)17-14(18)6-4-2/h7,9,12-13H,3-6,8,10-11H2,1-2H3,(H,17,18,19). The van der Waals surface area contributed by atoms with Gasteiger partial charge < -0.3 is 0 Å². The molecule has 0 aromatic heterocycles. The number of imide groups is 1. The van der Waals surface area contributed by atoms with Gasteiger partial charge in [-0.25, -0.2) is 0 Å². The lowest BCUT2D eigenvalue weighted by Gasteiger charge is -2.31. The first-order valence-corrected chi connectivity index (χ1v) is 7.64. The van der Waals surface area contributed by atoms with E-state index in [9.17, 15) is 9.59 Å². The number of rotatable bonds is 6. The van der Waals surface area contributed by atoms with Crippen LogP contribution in [0.15, 0.2) is 12.2 Å². The van der Waals surface area contributed by atoms with E-state index in [1.54, 1.807) is 0 Å². The maximum absolute atomic E-state index is 12.3.